The summed E-state index contributed by atoms with van der Waals surface area (Å²) in [5.41, 5.74) is 1.56. The van der Waals surface area contributed by atoms with Crippen LogP contribution in [0.4, 0.5) is 4.79 Å². The van der Waals surface area contributed by atoms with Gasteiger partial charge in [-0.1, -0.05) is 41.9 Å². The fourth-order valence-corrected chi connectivity index (χ4v) is 3.46. The molecule has 0 aromatic heterocycles. The number of likely N-dealkylation sites (N-methyl/N-ethyl adjacent to an activating group) is 1. The van der Waals surface area contributed by atoms with Crippen molar-refractivity contribution in [1.82, 2.24) is 15.1 Å². The number of ether oxygens (including phenoxy) is 1. The summed E-state index contributed by atoms with van der Waals surface area (Å²) in [4.78, 5) is 28.1. The third kappa shape index (κ3) is 5.68. The largest absolute Gasteiger partial charge is 0.484 e. The van der Waals surface area contributed by atoms with Crippen molar-refractivity contribution in [1.29, 1.82) is 0 Å². The van der Waals surface area contributed by atoms with E-state index in [1.807, 2.05) is 24.3 Å². The van der Waals surface area contributed by atoms with E-state index >= 15 is 0 Å². The first kappa shape index (κ1) is 22.0. The highest BCUT2D eigenvalue weighted by Gasteiger charge is 2.35. The second-order valence-electron chi connectivity index (χ2n) is 7.05. The van der Waals surface area contributed by atoms with Gasteiger partial charge in [0.1, 0.15) is 5.75 Å². The predicted octanol–water partition coefficient (Wildman–Crippen LogP) is 4.50. The second-order valence-corrected chi connectivity index (χ2v) is 7.92. The molecule has 0 bridgehead atoms. The Kier molecular flexibility index (Phi) is 7.24. The maximum atomic E-state index is 12.6. The first-order chi connectivity index (χ1) is 14.3. The Balaban J connectivity index is 1.44. The van der Waals surface area contributed by atoms with Crippen LogP contribution < -0.4 is 10.1 Å². The van der Waals surface area contributed by atoms with Crippen LogP contribution in [0.15, 0.2) is 60.8 Å². The number of nitrogens with zero attached hydrogens (tertiary/aromatic N) is 2. The standard InChI is InChI=1S/C22H23Cl2N3O3/c1-15(25-21(28)14-30-19-9-7-18(24)8-10-19)11-12-27-13-20(26(2)22(27)29)16-3-5-17(23)6-4-16/h3-10,20H,1,11-14H2,2H3,(H,25,28)/t20-/m0/s1. The number of urea groups is 1. The van der Waals surface area contributed by atoms with E-state index < -0.39 is 0 Å². The average molecular weight is 448 g/mol. The van der Waals surface area contributed by atoms with Crippen LogP contribution in [0.2, 0.25) is 10.0 Å². The van der Waals surface area contributed by atoms with Crippen molar-refractivity contribution < 1.29 is 14.3 Å². The zero-order valence-electron chi connectivity index (χ0n) is 16.6. The first-order valence-electron chi connectivity index (χ1n) is 9.46. The number of benzene rings is 2. The van der Waals surface area contributed by atoms with Crippen molar-refractivity contribution in [2.45, 2.75) is 12.5 Å². The zero-order chi connectivity index (χ0) is 21.7. The molecule has 1 aliphatic rings. The molecule has 0 unspecified atom stereocenters. The fraction of sp³-hybridized carbons (Fsp3) is 0.273. The van der Waals surface area contributed by atoms with E-state index in [9.17, 15) is 9.59 Å². The van der Waals surface area contributed by atoms with Gasteiger partial charge in [-0.05, 0) is 42.0 Å². The number of hydrogen-bond donors (Lipinski definition) is 1. The van der Waals surface area contributed by atoms with Gasteiger partial charge < -0.3 is 19.9 Å². The molecule has 8 heteroatoms. The number of nitrogens with one attached hydrogen (secondary N) is 1. The van der Waals surface area contributed by atoms with Crippen LogP contribution >= 0.6 is 23.2 Å². The summed E-state index contributed by atoms with van der Waals surface area (Å²) in [6, 6.07) is 14.2. The van der Waals surface area contributed by atoms with E-state index in [1.54, 1.807) is 41.1 Å². The summed E-state index contributed by atoms with van der Waals surface area (Å²) < 4.78 is 5.41. The second kappa shape index (κ2) is 9.87. The molecule has 1 atom stereocenters. The van der Waals surface area contributed by atoms with Gasteiger partial charge in [0.15, 0.2) is 6.61 Å². The molecule has 30 heavy (non-hydrogen) atoms. The van der Waals surface area contributed by atoms with Crippen LogP contribution in [-0.4, -0.2) is 48.5 Å². The smallest absolute Gasteiger partial charge is 0.320 e. The molecule has 0 radical (unpaired) electrons. The lowest BCUT2D eigenvalue weighted by Gasteiger charge is -2.18. The Morgan fingerprint density at radius 2 is 1.73 bits per heavy atom. The van der Waals surface area contributed by atoms with E-state index in [0.717, 1.165) is 5.56 Å². The number of carbonyl (C=O) groups excluding carboxylic acids is 2. The molecule has 158 valence electrons. The molecule has 0 spiro atoms. The van der Waals surface area contributed by atoms with Crippen LogP contribution in [0, 0.1) is 0 Å². The number of rotatable bonds is 8. The first-order valence-corrected chi connectivity index (χ1v) is 10.2. The molecule has 1 saturated heterocycles. The summed E-state index contributed by atoms with van der Waals surface area (Å²) >= 11 is 11.8. The van der Waals surface area contributed by atoms with Gasteiger partial charge in [-0.15, -0.1) is 0 Å². The number of amides is 3. The van der Waals surface area contributed by atoms with Crippen LogP contribution in [0.3, 0.4) is 0 Å². The molecule has 2 aromatic rings. The monoisotopic (exact) mass is 447 g/mol. The quantitative estimate of drug-likeness (QED) is 0.647. The molecule has 2 aromatic carbocycles. The summed E-state index contributed by atoms with van der Waals surface area (Å²) in [5, 5.41) is 3.97. The Morgan fingerprint density at radius 3 is 2.37 bits per heavy atom. The summed E-state index contributed by atoms with van der Waals surface area (Å²) in [7, 11) is 1.78. The molecule has 1 fully saturated rings. The van der Waals surface area contributed by atoms with E-state index in [2.05, 4.69) is 11.9 Å². The van der Waals surface area contributed by atoms with Gasteiger partial charge in [-0.25, -0.2) is 4.79 Å². The molecular formula is C22H23Cl2N3O3. The van der Waals surface area contributed by atoms with Crippen molar-refractivity contribution in [3.8, 4) is 5.75 Å². The van der Waals surface area contributed by atoms with Crippen molar-refractivity contribution in [3.05, 3.63) is 76.4 Å². The van der Waals surface area contributed by atoms with Crippen LogP contribution in [0.1, 0.15) is 18.0 Å². The number of halogens is 2. The normalized spacial score (nSPS) is 16.0. The molecule has 1 aliphatic heterocycles. The summed E-state index contributed by atoms with van der Waals surface area (Å²) in [6.07, 6.45) is 0.458. The van der Waals surface area contributed by atoms with Crippen molar-refractivity contribution >= 4 is 35.1 Å². The van der Waals surface area contributed by atoms with Crippen LogP contribution in [-0.2, 0) is 4.79 Å². The third-order valence-electron chi connectivity index (χ3n) is 4.87. The van der Waals surface area contributed by atoms with E-state index in [-0.39, 0.29) is 24.6 Å². The molecule has 6 nitrogen and oxygen atoms in total. The molecule has 1 heterocycles. The fourth-order valence-electron chi connectivity index (χ4n) is 3.21. The van der Waals surface area contributed by atoms with Crippen LogP contribution in [0.5, 0.6) is 5.75 Å². The maximum Gasteiger partial charge on any atom is 0.320 e. The van der Waals surface area contributed by atoms with E-state index in [0.29, 0.717) is 41.0 Å². The molecule has 3 rings (SSSR count). The highest BCUT2D eigenvalue weighted by molar-refractivity contribution is 6.30. The van der Waals surface area contributed by atoms with E-state index in [4.69, 9.17) is 27.9 Å². The molecular weight excluding hydrogens is 425 g/mol. The highest BCUT2D eigenvalue weighted by Crippen LogP contribution is 2.29. The summed E-state index contributed by atoms with van der Waals surface area (Å²) in [6.45, 7) is 4.78. The van der Waals surface area contributed by atoms with Gasteiger partial charge in [-0.3, -0.25) is 4.79 Å². The van der Waals surface area contributed by atoms with Crippen molar-refractivity contribution in [3.63, 3.8) is 0 Å². The van der Waals surface area contributed by atoms with Gasteiger partial charge in [0.2, 0.25) is 0 Å². The van der Waals surface area contributed by atoms with Crippen molar-refractivity contribution in [2.75, 3.05) is 26.7 Å². The SMILES string of the molecule is C=C(CCN1C[C@@H](c2ccc(Cl)cc2)N(C)C1=O)NC(=O)COc1ccc(Cl)cc1. The minimum Gasteiger partial charge on any atom is -0.484 e. The third-order valence-corrected chi connectivity index (χ3v) is 5.38. The molecule has 1 N–H and O–H groups in total. The Morgan fingerprint density at radius 1 is 1.13 bits per heavy atom. The van der Waals surface area contributed by atoms with Gasteiger partial charge in [-0.2, -0.15) is 0 Å². The lowest BCUT2D eigenvalue weighted by molar-refractivity contribution is -0.122. The Hall–Kier alpha value is -2.70. The molecule has 0 saturated carbocycles. The summed E-state index contributed by atoms with van der Waals surface area (Å²) in [5.74, 6) is 0.248. The van der Waals surface area contributed by atoms with E-state index in [1.165, 1.54) is 0 Å². The average Bonchev–Trinajstić information content (AvgIpc) is 3.01. The Labute approximate surface area is 186 Å². The maximum absolute atomic E-state index is 12.6. The van der Waals surface area contributed by atoms with Gasteiger partial charge >= 0.3 is 6.03 Å². The van der Waals surface area contributed by atoms with Crippen LogP contribution in [0.25, 0.3) is 0 Å². The lowest BCUT2D eigenvalue weighted by atomic mass is 10.1. The van der Waals surface area contributed by atoms with Gasteiger partial charge in [0, 0.05) is 42.3 Å². The Bertz CT molecular complexity index is 916. The highest BCUT2D eigenvalue weighted by atomic mass is 35.5. The topological polar surface area (TPSA) is 61.9 Å². The predicted molar refractivity (Wildman–Crippen MR) is 118 cm³/mol. The van der Waals surface area contributed by atoms with Crippen molar-refractivity contribution in [2.24, 2.45) is 0 Å². The number of carbonyl (C=O) groups is 2. The zero-order valence-corrected chi connectivity index (χ0v) is 18.1. The van der Waals surface area contributed by atoms with Gasteiger partial charge in [0.05, 0.1) is 6.04 Å². The lowest BCUT2D eigenvalue weighted by Crippen LogP contribution is -2.33. The molecule has 0 aliphatic carbocycles. The van der Waals surface area contributed by atoms with Gasteiger partial charge in [0.25, 0.3) is 5.91 Å². The minimum atomic E-state index is -0.307. The number of hydrogen-bond acceptors (Lipinski definition) is 3. The molecule has 3 amide bonds. The minimum absolute atomic E-state index is 0.0367.